The van der Waals surface area contributed by atoms with Crippen molar-refractivity contribution in [3.63, 3.8) is 0 Å². The van der Waals surface area contributed by atoms with Crippen LogP contribution in [-0.2, 0) is 4.74 Å². The lowest BCUT2D eigenvalue weighted by Crippen LogP contribution is -2.41. The number of para-hydroxylation sites is 1. The molecule has 0 spiro atoms. The normalized spacial score (nSPS) is 22.7. The number of rotatable bonds is 5. The summed E-state index contributed by atoms with van der Waals surface area (Å²) in [7, 11) is -0.746. The van der Waals surface area contributed by atoms with Crippen molar-refractivity contribution in [2.24, 2.45) is 5.50 Å². The molecule has 2 aromatic rings. The summed E-state index contributed by atoms with van der Waals surface area (Å²) in [5.74, 6) is -0.128. The molecule has 1 aliphatic heterocycles. The van der Waals surface area contributed by atoms with Crippen molar-refractivity contribution in [3.05, 3.63) is 50.8 Å². The average Bonchev–Trinajstić information content (AvgIpc) is 3.01. The lowest BCUT2D eigenvalue weighted by Gasteiger charge is -2.24. The third kappa shape index (κ3) is 5.80. The number of hydrogen-bond donors (Lipinski definition) is 7. The van der Waals surface area contributed by atoms with Gasteiger partial charge in [-0.1, -0.05) is 6.07 Å². The van der Waals surface area contributed by atoms with E-state index >= 15 is 0 Å². The molecule has 3 rings (SSSR count). The standard InChI is InChI=1S/C17H20N2O8.H4NO2P/c1-8-6-19(17(24)18-15(8)23)16-14(13(22)11(7-20)27-16)26-10-5-3-4-9(25-2)12(10)21;1-4(2)3/h3-6,11,13-14,16,20-22H,7H2,1-2H3,(H,18,23,24);2-3H,1H2/t11-,13-,14-,16-;/m1./s1. The van der Waals surface area contributed by atoms with Gasteiger partial charge in [-0.2, -0.15) is 0 Å². The van der Waals surface area contributed by atoms with E-state index in [0.29, 0.717) is 0 Å². The minimum absolute atomic E-state index is 0.000199. The molecule has 1 aliphatic rings. The number of nitrogens with one attached hydrogen (secondary N) is 1. The number of phenols is 1. The fraction of sp³-hybridized carbons (Fsp3) is 0.412. The number of aryl methyl sites for hydroxylation is 1. The maximum absolute atomic E-state index is 12.2. The van der Waals surface area contributed by atoms with E-state index in [0.717, 1.165) is 4.57 Å². The topological polar surface area (TPSA) is 210 Å². The van der Waals surface area contributed by atoms with E-state index in [2.05, 4.69) is 10.5 Å². The van der Waals surface area contributed by atoms with Crippen molar-refractivity contribution < 1.29 is 39.3 Å². The molecule has 31 heavy (non-hydrogen) atoms. The highest BCUT2D eigenvalue weighted by Crippen LogP contribution is 2.39. The zero-order valence-corrected chi connectivity index (χ0v) is 17.5. The molecule has 8 N–H and O–H groups in total. The molecule has 14 heteroatoms. The van der Waals surface area contributed by atoms with Gasteiger partial charge in [0.1, 0.15) is 12.2 Å². The van der Waals surface area contributed by atoms with Crippen LogP contribution in [0.15, 0.2) is 34.0 Å². The van der Waals surface area contributed by atoms with Gasteiger partial charge in [0.15, 0.2) is 23.8 Å². The molecule has 1 fully saturated rings. The van der Waals surface area contributed by atoms with E-state index in [1.807, 2.05) is 0 Å². The van der Waals surface area contributed by atoms with Crippen LogP contribution in [0, 0.1) is 6.92 Å². The van der Waals surface area contributed by atoms with Crippen LogP contribution in [-0.4, -0.2) is 66.7 Å². The summed E-state index contributed by atoms with van der Waals surface area (Å²) >= 11 is 0. The Bertz CT molecular complexity index is 992. The van der Waals surface area contributed by atoms with Crippen molar-refractivity contribution in [1.29, 1.82) is 0 Å². The Morgan fingerprint density at radius 3 is 2.48 bits per heavy atom. The quantitative estimate of drug-likeness (QED) is 0.252. The van der Waals surface area contributed by atoms with Crippen molar-refractivity contribution in [3.8, 4) is 17.2 Å². The highest BCUT2D eigenvalue weighted by molar-refractivity contribution is 7.42. The van der Waals surface area contributed by atoms with Crippen molar-refractivity contribution in [2.75, 3.05) is 13.7 Å². The number of methoxy groups -OCH3 is 1. The Hall–Kier alpha value is -2.51. The van der Waals surface area contributed by atoms with Crippen LogP contribution in [0.2, 0.25) is 0 Å². The molecule has 2 heterocycles. The number of phenolic OH excluding ortho intramolecular Hbond substituents is 1. The molecule has 0 aliphatic carbocycles. The average molecular weight is 461 g/mol. The molecular formula is C17H24N3O10P. The number of ether oxygens (including phenoxy) is 3. The molecule has 1 aromatic heterocycles. The van der Waals surface area contributed by atoms with E-state index in [4.69, 9.17) is 24.0 Å². The van der Waals surface area contributed by atoms with Gasteiger partial charge in [-0.15, -0.1) is 0 Å². The fourth-order valence-electron chi connectivity index (χ4n) is 2.90. The van der Waals surface area contributed by atoms with Gasteiger partial charge in [-0.3, -0.25) is 19.8 Å². The summed E-state index contributed by atoms with van der Waals surface area (Å²) in [5, 5.41) is 30.1. The van der Waals surface area contributed by atoms with Crippen molar-refractivity contribution in [1.82, 2.24) is 9.55 Å². The first-order chi connectivity index (χ1) is 14.6. The monoisotopic (exact) mass is 461 g/mol. The highest BCUT2D eigenvalue weighted by atomic mass is 31.2. The number of aliphatic hydroxyl groups is 2. The molecule has 1 aromatic carbocycles. The van der Waals surface area contributed by atoms with E-state index in [9.17, 15) is 24.9 Å². The first-order valence-electron chi connectivity index (χ1n) is 8.82. The zero-order valence-electron chi connectivity index (χ0n) is 16.6. The Morgan fingerprint density at radius 1 is 1.29 bits per heavy atom. The molecule has 0 bridgehead atoms. The number of aromatic hydroxyl groups is 1. The van der Waals surface area contributed by atoms with Gasteiger partial charge in [-0.25, -0.2) is 4.79 Å². The lowest BCUT2D eigenvalue weighted by molar-refractivity contribution is -0.0525. The van der Waals surface area contributed by atoms with Crippen LogP contribution in [0.3, 0.4) is 0 Å². The van der Waals surface area contributed by atoms with Gasteiger partial charge >= 0.3 is 5.69 Å². The Kier molecular flexibility index (Phi) is 8.53. The molecule has 0 saturated carbocycles. The molecule has 0 unspecified atom stereocenters. The second-order valence-electron chi connectivity index (χ2n) is 6.43. The van der Waals surface area contributed by atoms with Crippen LogP contribution in [0.5, 0.6) is 17.2 Å². The molecule has 4 atom stereocenters. The summed E-state index contributed by atoms with van der Waals surface area (Å²) in [4.78, 5) is 40.9. The van der Waals surface area contributed by atoms with Crippen LogP contribution in [0.25, 0.3) is 0 Å². The largest absolute Gasteiger partial charge is 0.502 e. The Labute approximate surface area is 176 Å². The smallest absolute Gasteiger partial charge is 0.330 e. The predicted octanol–water partition coefficient (Wildman–Crippen LogP) is -1.59. The van der Waals surface area contributed by atoms with E-state index in [1.54, 1.807) is 6.07 Å². The van der Waals surface area contributed by atoms with Crippen LogP contribution in [0.1, 0.15) is 11.8 Å². The predicted molar refractivity (Wildman–Crippen MR) is 108 cm³/mol. The maximum atomic E-state index is 12.2. The van der Waals surface area contributed by atoms with Gasteiger partial charge < -0.3 is 39.3 Å². The van der Waals surface area contributed by atoms with Crippen molar-refractivity contribution >= 4 is 8.53 Å². The molecule has 172 valence electrons. The third-order valence-corrected chi connectivity index (χ3v) is 4.36. The molecule has 13 nitrogen and oxygen atoms in total. The molecular weight excluding hydrogens is 437 g/mol. The minimum Gasteiger partial charge on any atom is -0.502 e. The van der Waals surface area contributed by atoms with E-state index in [-0.39, 0.29) is 22.8 Å². The first kappa shape index (κ1) is 24.8. The first-order valence-corrected chi connectivity index (χ1v) is 10.1. The fourth-order valence-corrected chi connectivity index (χ4v) is 2.90. The highest BCUT2D eigenvalue weighted by Gasteiger charge is 2.47. The summed E-state index contributed by atoms with van der Waals surface area (Å²) in [5.41, 5.74) is 3.24. The number of benzene rings is 1. The minimum atomic E-state index is -2.12. The number of hydrogen-bond acceptors (Lipinski definition) is 11. The Balaban J connectivity index is 0.000000785. The van der Waals surface area contributed by atoms with E-state index in [1.165, 1.54) is 32.4 Å². The lowest BCUT2D eigenvalue weighted by atomic mass is 10.1. The van der Waals surface area contributed by atoms with E-state index < -0.39 is 50.9 Å². The van der Waals surface area contributed by atoms with Crippen molar-refractivity contribution in [2.45, 2.75) is 31.5 Å². The molecule has 0 radical (unpaired) electrons. The molecule has 0 amide bonds. The second-order valence-corrected chi connectivity index (χ2v) is 7.07. The zero-order chi connectivity index (χ0) is 23.3. The van der Waals surface area contributed by atoms with Gasteiger partial charge in [0.05, 0.1) is 13.7 Å². The number of aromatic amines is 1. The van der Waals surface area contributed by atoms with Crippen LogP contribution >= 0.6 is 8.53 Å². The number of nitrogens with zero attached hydrogens (tertiary/aromatic N) is 1. The van der Waals surface area contributed by atoms with Gasteiger partial charge in [0, 0.05) is 11.8 Å². The summed E-state index contributed by atoms with van der Waals surface area (Å²) in [6, 6.07) is 4.55. The summed E-state index contributed by atoms with van der Waals surface area (Å²) in [6.07, 6.45) is -3.34. The number of H-pyrrole nitrogens is 1. The van der Waals surface area contributed by atoms with Gasteiger partial charge in [0.2, 0.25) is 14.3 Å². The summed E-state index contributed by atoms with van der Waals surface area (Å²) in [6.45, 7) is 0.992. The van der Waals surface area contributed by atoms with Crippen LogP contribution in [0.4, 0.5) is 0 Å². The summed E-state index contributed by atoms with van der Waals surface area (Å²) < 4.78 is 17.4. The number of aliphatic hydroxyl groups excluding tert-OH is 2. The SMILES string of the molecule is COc1cccc(O[C@@H]2[C@H](O)[C@@H](CO)O[C@H]2n2cc(C)c(=O)[nH]c2=O)c1O.NP(O)O. The Morgan fingerprint density at radius 2 is 1.90 bits per heavy atom. The maximum Gasteiger partial charge on any atom is 0.330 e. The molecule has 1 saturated heterocycles. The van der Waals surface area contributed by atoms with Crippen LogP contribution < -0.4 is 26.2 Å². The van der Waals surface area contributed by atoms with Gasteiger partial charge in [0.25, 0.3) is 5.56 Å². The third-order valence-electron chi connectivity index (χ3n) is 4.36. The van der Waals surface area contributed by atoms with Gasteiger partial charge in [-0.05, 0) is 19.1 Å². The number of nitrogens with two attached hydrogens (primary N) is 1. The number of aromatic nitrogens is 2. The second kappa shape index (κ2) is 10.7.